The van der Waals surface area contributed by atoms with Crippen molar-refractivity contribution < 1.29 is 30.3 Å². The fourth-order valence-corrected chi connectivity index (χ4v) is 4.98. The minimum Gasteiger partial charge on any atom is -0.508 e. The van der Waals surface area contributed by atoms with E-state index in [1.54, 1.807) is 13.2 Å². The summed E-state index contributed by atoms with van der Waals surface area (Å²) in [5.41, 5.74) is 2.13. The number of hydrogen-bond acceptors (Lipinski definition) is 7. The number of methoxy groups -OCH3 is 1. The van der Waals surface area contributed by atoms with E-state index in [1.165, 1.54) is 6.07 Å². The molecule has 1 saturated heterocycles. The summed E-state index contributed by atoms with van der Waals surface area (Å²) in [5.74, 6) is 0.630. The number of phenolic OH excluding ortho intramolecular Hbond substituents is 1. The summed E-state index contributed by atoms with van der Waals surface area (Å²) in [4.78, 5) is 0. The monoisotopic (exact) mass is 426 g/mol. The molecule has 1 aliphatic rings. The minimum absolute atomic E-state index is 0.111. The highest BCUT2D eigenvalue weighted by Crippen LogP contribution is 2.46. The van der Waals surface area contributed by atoms with Crippen LogP contribution in [0.25, 0.3) is 0 Å². The first-order valence-electron chi connectivity index (χ1n) is 8.80. The van der Waals surface area contributed by atoms with Gasteiger partial charge in [0.05, 0.1) is 36.4 Å². The highest BCUT2D eigenvalue weighted by molar-refractivity contribution is 8.00. The van der Waals surface area contributed by atoms with E-state index in [0.717, 1.165) is 28.6 Å². The van der Waals surface area contributed by atoms with Gasteiger partial charge in [-0.3, -0.25) is 0 Å². The summed E-state index contributed by atoms with van der Waals surface area (Å²) in [6.07, 6.45) is -3.49. The van der Waals surface area contributed by atoms with Crippen LogP contribution in [0.2, 0.25) is 5.02 Å². The van der Waals surface area contributed by atoms with Gasteiger partial charge in [0.1, 0.15) is 17.6 Å². The number of benzene rings is 2. The zero-order valence-corrected chi connectivity index (χ0v) is 16.8. The van der Waals surface area contributed by atoms with Gasteiger partial charge < -0.3 is 30.3 Å². The lowest BCUT2D eigenvalue weighted by Crippen LogP contribution is -2.51. The number of ether oxygens (including phenoxy) is 1. The van der Waals surface area contributed by atoms with Crippen molar-refractivity contribution in [3.8, 4) is 11.5 Å². The number of aliphatic hydroxyl groups is 4. The lowest BCUT2D eigenvalue weighted by Gasteiger charge is -2.39. The fraction of sp³-hybridized carbons (Fsp3) is 0.400. The Balaban J connectivity index is 1.92. The second kappa shape index (κ2) is 8.90. The highest BCUT2D eigenvalue weighted by atomic mass is 35.5. The van der Waals surface area contributed by atoms with Gasteiger partial charge in [0, 0.05) is 10.6 Å². The molecule has 0 aromatic heterocycles. The number of aromatic hydroxyl groups is 1. The first-order valence-corrected chi connectivity index (χ1v) is 10.1. The molecule has 152 valence electrons. The van der Waals surface area contributed by atoms with E-state index in [-0.39, 0.29) is 12.4 Å². The molecule has 0 saturated carbocycles. The summed E-state index contributed by atoms with van der Waals surface area (Å²) in [5, 5.41) is 49.4. The van der Waals surface area contributed by atoms with E-state index in [9.17, 15) is 25.5 Å². The van der Waals surface area contributed by atoms with Crippen LogP contribution in [-0.2, 0) is 6.42 Å². The molecule has 1 aliphatic heterocycles. The zero-order chi connectivity index (χ0) is 20.4. The van der Waals surface area contributed by atoms with Gasteiger partial charge in [-0.1, -0.05) is 23.7 Å². The maximum absolute atomic E-state index is 10.4. The molecular weight excluding hydrogens is 404 g/mol. The lowest BCUT2D eigenvalue weighted by molar-refractivity contribution is -0.0701. The Kier molecular flexibility index (Phi) is 6.75. The summed E-state index contributed by atoms with van der Waals surface area (Å²) in [7, 11) is 1.59. The molecule has 28 heavy (non-hydrogen) atoms. The quantitative estimate of drug-likeness (QED) is 0.496. The smallest absolute Gasteiger partial charge is 0.121 e. The first-order chi connectivity index (χ1) is 13.3. The third-order valence-electron chi connectivity index (χ3n) is 4.95. The molecule has 5 N–H and O–H groups in total. The Labute approximate surface area is 172 Å². The molecule has 5 atom stereocenters. The summed E-state index contributed by atoms with van der Waals surface area (Å²) in [6.45, 7) is -0.362. The molecule has 6 nitrogen and oxygen atoms in total. The molecule has 0 radical (unpaired) electrons. The fourth-order valence-electron chi connectivity index (χ4n) is 3.31. The van der Waals surface area contributed by atoms with Gasteiger partial charge in [-0.05, 0) is 41.8 Å². The van der Waals surface area contributed by atoms with E-state index >= 15 is 0 Å². The molecule has 1 fully saturated rings. The normalized spacial score (nSPS) is 27.6. The van der Waals surface area contributed by atoms with Crippen LogP contribution >= 0.6 is 23.4 Å². The lowest BCUT2D eigenvalue weighted by atomic mass is 9.94. The van der Waals surface area contributed by atoms with Gasteiger partial charge in [0.25, 0.3) is 0 Å². The van der Waals surface area contributed by atoms with Crippen molar-refractivity contribution in [3.63, 3.8) is 0 Å². The van der Waals surface area contributed by atoms with Crippen LogP contribution in [0.1, 0.15) is 21.9 Å². The van der Waals surface area contributed by atoms with E-state index < -0.39 is 28.8 Å². The Bertz CT molecular complexity index is 813. The molecule has 0 unspecified atom stereocenters. The average molecular weight is 427 g/mol. The van der Waals surface area contributed by atoms with Gasteiger partial charge in [-0.2, -0.15) is 0 Å². The zero-order valence-electron chi connectivity index (χ0n) is 15.2. The van der Waals surface area contributed by atoms with E-state index in [2.05, 4.69) is 0 Å². The molecule has 0 spiro atoms. The summed E-state index contributed by atoms with van der Waals surface area (Å²) < 4.78 is 5.15. The van der Waals surface area contributed by atoms with Crippen molar-refractivity contribution >= 4 is 23.4 Å². The van der Waals surface area contributed by atoms with Crippen molar-refractivity contribution in [1.29, 1.82) is 0 Å². The van der Waals surface area contributed by atoms with Crippen molar-refractivity contribution in [2.24, 2.45) is 0 Å². The molecule has 1 heterocycles. The average Bonchev–Trinajstić information content (AvgIpc) is 2.69. The predicted octanol–water partition coefficient (Wildman–Crippen LogP) is 1.88. The molecule has 2 aromatic carbocycles. The van der Waals surface area contributed by atoms with Gasteiger partial charge >= 0.3 is 0 Å². The Hall–Kier alpha value is -1.48. The minimum atomic E-state index is -1.43. The molecule has 0 bridgehead atoms. The van der Waals surface area contributed by atoms with Gasteiger partial charge in [-0.15, -0.1) is 11.8 Å². The predicted molar refractivity (Wildman–Crippen MR) is 108 cm³/mol. The molecular formula is C20H23ClO6S. The van der Waals surface area contributed by atoms with Gasteiger partial charge in [0.2, 0.25) is 0 Å². The van der Waals surface area contributed by atoms with Crippen molar-refractivity contribution in [1.82, 2.24) is 0 Å². The standard InChI is InChI=1S/C20H23ClO6S/c1-27-12-4-2-10(3-5-12)6-11-7-13(15(23)8-14(11)21)20-19(26)18(25)17(24)16(9-22)28-20/h2-5,7-8,16-20,22-26H,6,9H2,1H3/t16-,17-,18+,19-,20+/m1/s1. The molecule has 0 aliphatic carbocycles. The maximum atomic E-state index is 10.4. The van der Waals surface area contributed by atoms with E-state index in [1.807, 2.05) is 24.3 Å². The first kappa shape index (κ1) is 21.2. The second-order valence-corrected chi connectivity index (χ2v) is 8.57. The Morgan fingerprint density at radius 2 is 1.71 bits per heavy atom. The van der Waals surface area contributed by atoms with Crippen LogP contribution in [0.15, 0.2) is 36.4 Å². The molecule has 0 amide bonds. The number of phenols is 1. The molecule has 8 heteroatoms. The second-order valence-electron chi connectivity index (χ2n) is 6.78. The summed E-state index contributed by atoms with van der Waals surface area (Å²) in [6, 6.07) is 10.6. The van der Waals surface area contributed by atoms with E-state index in [4.69, 9.17) is 16.3 Å². The molecule has 3 rings (SSSR count). The third kappa shape index (κ3) is 4.25. The third-order valence-corrected chi connectivity index (χ3v) is 6.90. The largest absolute Gasteiger partial charge is 0.508 e. The van der Waals surface area contributed by atoms with Gasteiger partial charge in [-0.25, -0.2) is 0 Å². The maximum Gasteiger partial charge on any atom is 0.121 e. The van der Waals surface area contributed by atoms with Crippen LogP contribution in [-0.4, -0.2) is 62.8 Å². The number of aliphatic hydroxyl groups excluding tert-OH is 4. The van der Waals surface area contributed by atoms with E-state index in [0.29, 0.717) is 17.0 Å². The van der Waals surface area contributed by atoms with Crippen LogP contribution in [0.4, 0.5) is 0 Å². The number of thioether (sulfide) groups is 1. The van der Waals surface area contributed by atoms with Crippen molar-refractivity contribution in [2.45, 2.75) is 35.2 Å². The SMILES string of the molecule is COc1ccc(Cc2cc([C@@H]3S[C@H](CO)[C@@H](O)[C@H](O)[C@H]3O)c(O)cc2Cl)cc1. The number of hydrogen-bond donors (Lipinski definition) is 5. The van der Waals surface area contributed by atoms with Crippen molar-refractivity contribution in [3.05, 3.63) is 58.1 Å². The molecule has 2 aromatic rings. The van der Waals surface area contributed by atoms with Crippen LogP contribution in [0.5, 0.6) is 11.5 Å². The Morgan fingerprint density at radius 3 is 2.32 bits per heavy atom. The van der Waals surface area contributed by atoms with Crippen LogP contribution < -0.4 is 4.74 Å². The van der Waals surface area contributed by atoms with Crippen molar-refractivity contribution in [2.75, 3.05) is 13.7 Å². The Morgan fingerprint density at radius 1 is 1.04 bits per heavy atom. The topological polar surface area (TPSA) is 110 Å². The van der Waals surface area contributed by atoms with Crippen LogP contribution in [0, 0.1) is 0 Å². The highest BCUT2D eigenvalue weighted by Gasteiger charge is 2.44. The summed E-state index contributed by atoms with van der Waals surface area (Å²) >= 11 is 7.42. The van der Waals surface area contributed by atoms with Gasteiger partial charge in [0.15, 0.2) is 0 Å². The number of rotatable bonds is 5. The number of halogens is 1. The van der Waals surface area contributed by atoms with Crippen LogP contribution in [0.3, 0.4) is 0 Å².